The predicted octanol–water partition coefficient (Wildman–Crippen LogP) is 3.42. The second kappa shape index (κ2) is 8.39. The smallest absolute Gasteiger partial charge is 0.287 e. The fourth-order valence-electron chi connectivity index (χ4n) is 3.47. The maximum atomic E-state index is 12.5. The monoisotopic (exact) mass is 380 g/mol. The Hall–Kier alpha value is -2.93. The summed E-state index contributed by atoms with van der Waals surface area (Å²) in [6.07, 6.45) is 3.24. The minimum absolute atomic E-state index is 0.155. The van der Waals surface area contributed by atoms with Crippen LogP contribution in [0.5, 0.6) is 0 Å². The van der Waals surface area contributed by atoms with E-state index < -0.39 is 0 Å². The average molecular weight is 380 g/mol. The molecule has 28 heavy (non-hydrogen) atoms. The molecule has 0 radical (unpaired) electrons. The van der Waals surface area contributed by atoms with Crippen LogP contribution < -0.4 is 5.32 Å². The summed E-state index contributed by atoms with van der Waals surface area (Å²) < 4.78 is 11.0. The minimum atomic E-state index is -0.276. The van der Waals surface area contributed by atoms with Crippen LogP contribution in [0.25, 0.3) is 11.4 Å². The highest BCUT2D eigenvalue weighted by Gasteiger charge is 2.20. The van der Waals surface area contributed by atoms with Gasteiger partial charge in [-0.25, -0.2) is 0 Å². The Balaban J connectivity index is 1.38. The minimum Gasteiger partial charge on any atom is -0.456 e. The van der Waals surface area contributed by atoms with Crippen molar-refractivity contribution >= 4 is 5.91 Å². The quantitative estimate of drug-likeness (QED) is 0.676. The fraction of sp³-hybridized carbons (Fsp3) is 0.381. The molecule has 1 fully saturated rings. The Labute approximate surface area is 163 Å². The Bertz CT molecular complexity index is 926. The third kappa shape index (κ3) is 4.14. The number of amides is 1. The number of benzene rings is 1. The van der Waals surface area contributed by atoms with E-state index in [0.29, 0.717) is 17.5 Å². The van der Waals surface area contributed by atoms with Gasteiger partial charge in [0.05, 0.1) is 6.54 Å². The van der Waals surface area contributed by atoms with Crippen LogP contribution in [0.2, 0.25) is 0 Å². The normalized spacial score (nSPS) is 14.5. The molecule has 0 atom stereocenters. The standard InChI is InChI=1S/C21H24N4O3/c1-2-17-16(14-25-10-6-7-11-25)12-18(27-17)21(26)22-13-19-23-20(24-28-19)15-8-4-3-5-9-15/h3-5,8-9,12H,2,6-7,10-11,13-14H2,1H3,(H,22,26). The number of aromatic nitrogens is 2. The number of likely N-dealkylation sites (tertiary alicyclic amines) is 1. The van der Waals surface area contributed by atoms with Gasteiger partial charge in [-0.05, 0) is 32.0 Å². The molecule has 0 saturated carbocycles. The van der Waals surface area contributed by atoms with Crippen molar-refractivity contribution in [1.82, 2.24) is 20.4 Å². The Morgan fingerprint density at radius 2 is 2.00 bits per heavy atom. The zero-order chi connectivity index (χ0) is 19.3. The van der Waals surface area contributed by atoms with E-state index in [2.05, 4.69) is 20.4 Å². The van der Waals surface area contributed by atoms with Crippen LogP contribution in [0.15, 0.2) is 45.3 Å². The largest absolute Gasteiger partial charge is 0.456 e. The molecule has 0 aliphatic carbocycles. The molecule has 1 N–H and O–H groups in total. The van der Waals surface area contributed by atoms with Crippen LogP contribution in [0, 0.1) is 0 Å². The number of rotatable bonds is 7. The average Bonchev–Trinajstić information content (AvgIpc) is 3.48. The zero-order valence-corrected chi connectivity index (χ0v) is 16.0. The van der Waals surface area contributed by atoms with Gasteiger partial charge in [-0.1, -0.05) is 42.4 Å². The number of hydrogen-bond donors (Lipinski definition) is 1. The first-order valence-corrected chi connectivity index (χ1v) is 9.73. The lowest BCUT2D eigenvalue weighted by Crippen LogP contribution is -2.22. The number of aryl methyl sites for hydroxylation is 1. The number of hydrogen-bond acceptors (Lipinski definition) is 6. The molecule has 2 aromatic heterocycles. The van der Waals surface area contributed by atoms with Crippen LogP contribution in [0.3, 0.4) is 0 Å². The first-order valence-electron chi connectivity index (χ1n) is 9.73. The van der Waals surface area contributed by atoms with Gasteiger partial charge in [0.15, 0.2) is 5.76 Å². The van der Waals surface area contributed by atoms with Gasteiger partial charge < -0.3 is 14.3 Å². The second-order valence-corrected chi connectivity index (χ2v) is 6.96. The number of carbonyl (C=O) groups is 1. The summed E-state index contributed by atoms with van der Waals surface area (Å²) in [6, 6.07) is 11.4. The van der Waals surface area contributed by atoms with Crippen molar-refractivity contribution in [2.75, 3.05) is 13.1 Å². The molecule has 1 aliphatic heterocycles. The van der Waals surface area contributed by atoms with Gasteiger partial charge in [0, 0.05) is 24.1 Å². The number of carbonyl (C=O) groups excluding carboxylic acids is 1. The summed E-state index contributed by atoms with van der Waals surface area (Å²) in [5.41, 5.74) is 1.97. The molecule has 1 aliphatic rings. The summed E-state index contributed by atoms with van der Waals surface area (Å²) in [6.45, 7) is 5.25. The van der Waals surface area contributed by atoms with E-state index in [0.717, 1.165) is 42.9 Å². The van der Waals surface area contributed by atoms with Crippen molar-refractivity contribution in [3.05, 3.63) is 59.4 Å². The van der Waals surface area contributed by atoms with Crippen LogP contribution in [-0.2, 0) is 19.5 Å². The Kier molecular flexibility index (Phi) is 5.53. The molecule has 0 spiro atoms. The lowest BCUT2D eigenvalue weighted by Gasteiger charge is -2.13. The van der Waals surface area contributed by atoms with Crippen LogP contribution in [0.1, 0.15) is 47.5 Å². The summed E-state index contributed by atoms with van der Waals surface area (Å²) >= 11 is 0. The maximum Gasteiger partial charge on any atom is 0.287 e. The fourth-order valence-corrected chi connectivity index (χ4v) is 3.47. The molecule has 4 rings (SSSR count). The van der Waals surface area contributed by atoms with Gasteiger partial charge in [0.2, 0.25) is 11.7 Å². The molecule has 0 bridgehead atoms. The van der Waals surface area contributed by atoms with Crippen LogP contribution in [0.4, 0.5) is 0 Å². The van der Waals surface area contributed by atoms with Gasteiger partial charge >= 0.3 is 0 Å². The van der Waals surface area contributed by atoms with Gasteiger partial charge in [0.1, 0.15) is 5.76 Å². The molecule has 7 heteroatoms. The van der Waals surface area contributed by atoms with Gasteiger partial charge in [-0.2, -0.15) is 4.98 Å². The molecular weight excluding hydrogens is 356 g/mol. The lowest BCUT2D eigenvalue weighted by molar-refractivity contribution is 0.0917. The second-order valence-electron chi connectivity index (χ2n) is 6.96. The van der Waals surface area contributed by atoms with Crippen molar-refractivity contribution in [3.8, 4) is 11.4 Å². The summed E-state index contributed by atoms with van der Waals surface area (Å²) in [5.74, 6) is 1.78. The highest BCUT2D eigenvalue weighted by molar-refractivity contribution is 5.91. The van der Waals surface area contributed by atoms with E-state index in [-0.39, 0.29) is 12.5 Å². The van der Waals surface area contributed by atoms with Crippen molar-refractivity contribution in [1.29, 1.82) is 0 Å². The summed E-state index contributed by atoms with van der Waals surface area (Å²) in [4.78, 5) is 19.2. The first-order chi connectivity index (χ1) is 13.7. The third-order valence-corrected chi connectivity index (χ3v) is 4.93. The topological polar surface area (TPSA) is 84.4 Å². The number of furan rings is 1. The Morgan fingerprint density at radius 1 is 1.21 bits per heavy atom. The maximum absolute atomic E-state index is 12.5. The SMILES string of the molecule is CCc1oc(C(=O)NCc2nc(-c3ccccc3)no2)cc1CN1CCCC1. The van der Waals surface area contributed by atoms with Crippen LogP contribution in [-0.4, -0.2) is 34.0 Å². The van der Waals surface area contributed by atoms with E-state index in [9.17, 15) is 4.79 Å². The number of nitrogens with one attached hydrogen (secondary N) is 1. The molecule has 1 saturated heterocycles. The first kappa shape index (κ1) is 18.4. The molecule has 3 aromatic rings. The van der Waals surface area contributed by atoms with Crippen molar-refractivity contribution < 1.29 is 13.7 Å². The van der Waals surface area contributed by atoms with Gasteiger partial charge in [-0.15, -0.1) is 0 Å². The van der Waals surface area contributed by atoms with E-state index in [1.807, 2.05) is 43.3 Å². The molecular formula is C21H24N4O3. The molecule has 1 amide bonds. The zero-order valence-electron chi connectivity index (χ0n) is 16.0. The van der Waals surface area contributed by atoms with E-state index in [4.69, 9.17) is 8.94 Å². The van der Waals surface area contributed by atoms with Gasteiger partial charge in [-0.3, -0.25) is 9.69 Å². The molecule has 146 valence electrons. The molecule has 7 nitrogen and oxygen atoms in total. The number of nitrogens with zero attached hydrogens (tertiary/aromatic N) is 3. The molecule has 3 heterocycles. The summed E-state index contributed by atoms with van der Waals surface area (Å²) in [7, 11) is 0. The van der Waals surface area contributed by atoms with Crippen molar-refractivity contribution in [2.45, 2.75) is 39.3 Å². The Morgan fingerprint density at radius 3 is 2.75 bits per heavy atom. The van der Waals surface area contributed by atoms with E-state index in [1.165, 1.54) is 12.8 Å². The molecule has 0 unspecified atom stereocenters. The van der Waals surface area contributed by atoms with Crippen LogP contribution >= 0.6 is 0 Å². The van der Waals surface area contributed by atoms with E-state index in [1.54, 1.807) is 0 Å². The van der Waals surface area contributed by atoms with Crippen molar-refractivity contribution in [2.24, 2.45) is 0 Å². The lowest BCUT2D eigenvalue weighted by atomic mass is 10.2. The third-order valence-electron chi connectivity index (χ3n) is 4.93. The summed E-state index contributed by atoms with van der Waals surface area (Å²) in [5, 5.41) is 6.76. The van der Waals surface area contributed by atoms with Gasteiger partial charge in [0.25, 0.3) is 5.91 Å². The molecule has 1 aromatic carbocycles. The van der Waals surface area contributed by atoms with E-state index >= 15 is 0 Å². The van der Waals surface area contributed by atoms with Crippen molar-refractivity contribution in [3.63, 3.8) is 0 Å². The highest BCUT2D eigenvalue weighted by Crippen LogP contribution is 2.21. The predicted molar refractivity (Wildman–Crippen MR) is 104 cm³/mol. The highest BCUT2D eigenvalue weighted by atomic mass is 16.5.